The number of hydrogen-bond acceptors (Lipinski definition) is 2. The van der Waals surface area contributed by atoms with Gasteiger partial charge in [-0.2, -0.15) is 0 Å². The van der Waals surface area contributed by atoms with Crippen LogP contribution < -0.4 is 10.3 Å². The minimum Gasteiger partial charge on any atom is -0.489 e. The molecule has 1 N–H and O–H groups in total. The summed E-state index contributed by atoms with van der Waals surface area (Å²) in [5.41, 5.74) is 1.38. The SMILES string of the molecule is Cc1cc2cc(Cl)c(OC3CC3)cc2[nH]c1=O. The normalized spacial score (nSPS) is 15.2. The fourth-order valence-electron chi connectivity index (χ4n) is 1.77. The molecule has 0 radical (unpaired) electrons. The van der Waals surface area contributed by atoms with E-state index < -0.39 is 0 Å². The number of fused-ring (bicyclic) bond motifs is 1. The molecule has 0 spiro atoms. The Balaban J connectivity index is 2.15. The van der Waals surface area contributed by atoms with Gasteiger partial charge in [-0.15, -0.1) is 0 Å². The number of ether oxygens (including phenoxy) is 1. The van der Waals surface area contributed by atoms with E-state index in [4.69, 9.17) is 16.3 Å². The van der Waals surface area contributed by atoms with Gasteiger partial charge in [0.05, 0.1) is 16.6 Å². The second kappa shape index (κ2) is 3.77. The molecule has 1 aliphatic carbocycles. The van der Waals surface area contributed by atoms with Crippen LogP contribution >= 0.6 is 11.6 Å². The van der Waals surface area contributed by atoms with Gasteiger partial charge in [0, 0.05) is 17.0 Å². The van der Waals surface area contributed by atoms with Crippen LogP contribution in [0.15, 0.2) is 23.0 Å². The number of aromatic amines is 1. The predicted octanol–water partition coefficient (Wildman–Crippen LogP) is 3.03. The largest absolute Gasteiger partial charge is 0.489 e. The van der Waals surface area contributed by atoms with Crippen LogP contribution in [-0.2, 0) is 0 Å². The number of rotatable bonds is 2. The smallest absolute Gasteiger partial charge is 0.251 e. The molecular weight excluding hydrogens is 238 g/mol. The van der Waals surface area contributed by atoms with Gasteiger partial charge < -0.3 is 9.72 Å². The zero-order valence-electron chi connectivity index (χ0n) is 9.42. The van der Waals surface area contributed by atoms with Crippen LogP contribution in [0.4, 0.5) is 0 Å². The highest BCUT2D eigenvalue weighted by atomic mass is 35.5. The Morgan fingerprint density at radius 2 is 2.12 bits per heavy atom. The minimum absolute atomic E-state index is 0.0720. The number of nitrogens with one attached hydrogen (secondary N) is 1. The standard InChI is InChI=1S/C13H12ClNO2/c1-7-4-8-5-10(14)12(17-9-2-3-9)6-11(8)15-13(7)16/h4-6,9H,2-3H2,1H3,(H,15,16). The van der Waals surface area contributed by atoms with Crippen LogP contribution in [0.1, 0.15) is 18.4 Å². The molecule has 0 aliphatic heterocycles. The lowest BCUT2D eigenvalue weighted by Gasteiger charge is -2.08. The Morgan fingerprint density at radius 1 is 1.35 bits per heavy atom. The molecule has 2 aromatic rings. The molecule has 3 nitrogen and oxygen atoms in total. The highest BCUT2D eigenvalue weighted by Gasteiger charge is 2.24. The molecule has 1 aromatic carbocycles. The molecule has 0 saturated heterocycles. The van der Waals surface area contributed by atoms with Gasteiger partial charge in [0.1, 0.15) is 5.75 Å². The summed E-state index contributed by atoms with van der Waals surface area (Å²) in [5, 5.41) is 1.52. The lowest BCUT2D eigenvalue weighted by Crippen LogP contribution is -2.08. The Labute approximate surface area is 103 Å². The van der Waals surface area contributed by atoms with Crippen molar-refractivity contribution in [2.45, 2.75) is 25.9 Å². The quantitative estimate of drug-likeness (QED) is 0.889. The van der Waals surface area contributed by atoms with Crippen molar-refractivity contribution >= 4 is 22.5 Å². The lowest BCUT2D eigenvalue weighted by atomic mass is 10.1. The van der Waals surface area contributed by atoms with Gasteiger partial charge in [-0.05, 0) is 31.9 Å². The number of pyridine rings is 1. The van der Waals surface area contributed by atoms with Gasteiger partial charge in [-0.3, -0.25) is 4.79 Å². The minimum atomic E-state index is -0.0720. The molecule has 0 unspecified atom stereocenters. The van der Waals surface area contributed by atoms with Crippen LogP contribution in [0.3, 0.4) is 0 Å². The summed E-state index contributed by atoms with van der Waals surface area (Å²) in [5.74, 6) is 0.654. The van der Waals surface area contributed by atoms with Crippen molar-refractivity contribution in [2.24, 2.45) is 0 Å². The van der Waals surface area contributed by atoms with Crippen molar-refractivity contribution in [3.8, 4) is 5.75 Å². The fraction of sp³-hybridized carbons (Fsp3) is 0.308. The maximum Gasteiger partial charge on any atom is 0.251 e. The molecule has 0 bridgehead atoms. The van der Waals surface area contributed by atoms with E-state index in [0.29, 0.717) is 22.4 Å². The number of hydrogen-bond donors (Lipinski definition) is 1. The fourth-order valence-corrected chi connectivity index (χ4v) is 1.99. The molecule has 4 heteroatoms. The summed E-state index contributed by atoms with van der Waals surface area (Å²) in [6.45, 7) is 1.78. The third kappa shape index (κ3) is 2.03. The first kappa shape index (κ1) is 10.7. The summed E-state index contributed by atoms with van der Waals surface area (Å²) in [6, 6.07) is 5.47. The van der Waals surface area contributed by atoms with Crippen LogP contribution in [0.2, 0.25) is 5.02 Å². The number of aryl methyl sites for hydroxylation is 1. The van der Waals surface area contributed by atoms with Crippen LogP contribution in [0.5, 0.6) is 5.75 Å². The van der Waals surface area contributed by atoms with Gasteiger partial charge in [-0.1, -0.05) is 11.6 Å². The number of H-pyrrole nitrogens is 1. The van der Waals surface area contributed by atoms with Crippen molar-refractivity contribution in [3.05, 3.63) is 39.1 Å². The first-order valence-corrected chi connectivity index (χ1v) is 6.01. The van der Waals surface area contributed by atoms with Gasteiger partial charge in [-0.25, -0.2) is 0 Å². The van der Waals surface area contributed by atoms with Crippen molar-refractivity contribution in [3.63, 3.8) is 0 Å². The van der Waals surface area contributed by atoms with Crippen LogP contribution in [-0.4, -0.2) is 11.1 Å². The van der Waals surface area contributed by atoms with Crippen molar-refractivity contribution in [2.75, 3.05) is 0 Å². The second-order valence-electron chi connectivity index (χ2n) is 4.47. The summed E-state index contributed by atoms with van der Waals surface area (Å²) in [4.78, 5) is 14.4. The highest BCUT2D eigenvalue weighted by molar-refractivity contribution is 6.32. The van der Waals surface area contributed by atoms with Crippen molar-refractivity contribution < 1.29 is 4.74 Å². The van der Waals surface area contributed by atoms with Gasteiger partial charge in [0.15, 0.2) is 0 Å². The number of halogens is 1. The third-order valence-corrected chi connectivity index (χ3v) is 3.20. The van der Waals surface area contributed by atoms with E-state index in [0.717, 1.165) is 23.7 Å². The molecule has 1 saturated carbocycles. The second-order valence-corrected chi connectivity index (χ2v) is 4.88. The van der Waals surface area contributed by atoms with Gasteiger partial charge >= 0.3 is 0 Å². The monoisotopic (exact) mass is 249 g/mol. The van der Waals surface area contributed by atoms with Gasteiger partial charge in [0.2, 0.25) is 0 Å². The molecule has 88 valence electrons. The van der Waals surface area contributed by atoms with Crippen molar-refractivity contribution in [1.29, 1.82) is 0 Å². The predicted molar refractivity (Wildman–Crippen MR) is 68.0 cm³/mol. The Morgan fingerprint density at radius 3 is 2.82 bits per heavy atom. The number of aromatic nitrogens is 1. The molecule has 1 aliphatic rings. The third-order valence-electron chi connectivity index (χ3n) is 2.90. The highest BCUT2D eigenvalue weighted by Crippen LogP contribution is 2.34. The van der Waals surface area contributed by atoms with E-state index in [1.807, 2.05) is 12.1 Å². The Bertz CT molecular complexity index is 644. The molecular formula is C13H12ClNO2. The van der Waals surface area contributed by atoms with Crippen LogP contribution in [0.25, 0.3) is 10.9 Å². The maximum absolute atomic E-state index is 11.5. The molecule has 0 amide bonds. The molecule has 1 aromatic heterocycles. The summed E-state index contributed by atoms with van der Waals surface area (Å²) >= 11 is 6.15. The van der Waals surface area contributed by atoms with E-state index in [2.05, 4.69) is 4.98 Å². The van der Waals surface area contributed by atoms with E-state index in [-0.39, 0.29) is 5.56 Å². The maximum atomic E-state index is 11.5. The first-order valence-electron chi connectivity index (χ1n) is 5.63. The Hall–Kier alpha value is -1.48. The summed E-state index contributed by atoms with van der Waals surface area (Å²) < 4.78 is 5.68. The van der Waals surface area contributed by atoms with E-state index in [1.165, 1.54) is 0 Å². The summed E-state index contributed by atoms with van der Waals surface area (Å²) in [6.07, 6.45) is 2.46. The van der Waals surface area contributed by atoms with Gasteiger partial charge in [0.25, 0.3) is 5.56 Å². The zero-order valence-corrected chi connectivity index (χ0v) is 10.2. The molecule has 1 fully saturated rings. The van der Waals surface area contributed by atoms with Crippen LogP contribution in [0, 0.1) is 6.92 Å². The lowest BCUT2D eigenvalue weighted by molar-refractivity contribution is 0.304. The van der Waals surface area contributed by atoms with E-state index >= 15 is 0 Å². The topological polar surface area (TPSA) is 42.1 Å². The molecule has 17 heavy (non-hydrogen) atoms. The summed E-state index contributed by atoms with van der Waals surface area (Å²) in [7, 11) is 0. The van der Waals surface area contributed by atoms with E-state index in [1.54, 1.807) is 13.0 Å². The van der Waals surface area contributed by atoms with E-state index in [9.17, 15) is 4.79 Å². The zero-order chi connectivity index (χ0) is 12.0. The Kier molecular flexibility index (Phi) is 2.37. The molecule has 1 heterocycles. The average Bonchev–Trinajstić information content (AvgIpc) is 3.06. The molecule has 3 rings (SSSR count). The molecule has 0 atom stereocenters. The van der Waals surface area contributed by atoms with Crippen molar-refractivity contribution in [1.82, 2.24) is 4.98 Å². The number of benzene rings is 1. The average molecular weight is 250 g/mol. The first-order chi connectivity index (χ1) is 8.13.